The number of nitrogens with zero attached hydrogens (tertiary/aromatic N) is 1. The van der Waals surface area contributed by atoms with Crippen LogP contribution in [0.1, 0.15) is 59.8 Å². The first kappa shape index (κ1) is 18.4. The normalized spacial score (nSPS) is 14.4. The van der Waals surface area contributed by atoms with Crippen molar-refractivity contribution in [2.45, 2.75) is 71.9 Å². The Morgan fingerprint density at radius 3 is 2.32 bits per heavy atom. The van der Waals surface area contributed by atoms with E-state index in [1.54, 1.807) is 0 Å². The Kier molecular flexibility index (Phi) is 10.9. The van der Waals surface area contributed by atoms with Crippen LogP contribution in [-0.2, 0) is 4.79 Å². The van der Waals surface area contributed by atoms with Crippen LogP contribution in [0, 0.1) is 0 Å². The van der Waals surface area contributed by atoms with E-state index in [4.69, 9.17) is 5.73 Å². The maximum atomic E-state index is 11.7. The van der Waals surface area contributed by atoms with E-state index in [9.17, 15) is 4.79 Å². The first-order chi connectivity index (χ1) is 8.99. The number of nitrogens with one attached hydrogen (secondary N) is 1. The van der Waals surface area contributed by atoms with Gasteiger partial charge in [0.25, 0.3) is 0 Å². The van der Waals surface area contributed by atoms with Crippen LogP contribution in [0.4, 0.5) is 0 Å². The van der Waals surface area contributed by atoms with Crippen molar-refractivity contribution in [1.29, 1.82) is 0 Å². The molecule has 4 nitrogen and oxygen atoms in total. The van der Waals surface area contributed by atoms with Gasteiger partial charge in [-0.25, -0.2) is 0 Å². The van der Waals surface area contributed by atoms with E-state index in [1.807, 2.05) is 6.92 Å². The predicted molar refractivity (Wildman–Crippen MR) is 82.1 cm³/mol. The molecule has 3 N–H and O–H groups in total. The highest BCUT2D eigenvalue weighted by Crippen LogP contribution is 2.02. The number of nitrogens with two attached hydrogens (primary N) is 1. The molecule has 0 radical (unpaired) electrons. The van der Waals surface area contributed by atoms with Gasteiger partial charge in [0.05, 0.1) is 0 Å². The fourth-order valence-electron chi connectivity index (χ4n) is 2.16. The van der Waals surface area contributed by atoms with Gasteiger partial charge in [0.15, 0.2) is 0 Å². The van der Waals surface area contributed by atoms with E-state index in [1.165, 1.54) is 0 Å². The quantitative estimate of drug-likeness (QED) is 0.605. The van der Waals surface area contributed by atoms with E-state index in [0.29, 0.717) is 6.42 Å². The molecule has 0 aromatic carbocycles. The van der Waals surface area contributed by atoms with Crippen molar-refractivity contribution in [3.05, 3.63) is 0 Å². The molecule has 0 saturated carbocycles. The van der Waals surface area contributed by atoms with Gasteiger partial charge < -0.3 is 16.0 Å². The number of hydrogen-bond donors (Lipinski definition) is 2. The van der Waals surface area contributed by atoms with Crippen LogP contribution in [0.15, 0.2) is 0 Å². The second-order valence-electron chi connectivity index (χ2n) is 5.51. The molecule has 0 saturated heterocycles. The SMILES string of the molecule is CCN(CC)CCCC(C)NC(=O)CCCC(C)N. The maximum absolute atomic E-state index is 11.7. The zero-order chi connectivity index (χ0) is 14.7. The molecule has 0 aromatic heterocycles. The number of carbonyl (C=O) groups is 1. The molecule has 2 unspecified atom stereocenters. The van der Waals surface area contributed by atoms with Gasteiger partial charge in [-0.3, -0.25) is 4.79 Å². The van der Waals surface area contributed by atoms with Crippen LogP contribution < -0.4 is 11.1 Å². The van der Waals surface area contributed by atoms with Crippen molar-refractivity contribution < 1.29 is 4.79 Å². The second kappa shape index (κ2) is 11.2. The zero-order valence-corrected chi connectivity index (χ0v) is 13.2. The molecular weight excluding hydrogens is 238 g/mol. The summed E-state index contributed by atoms with van der Waals surface area (Å²) in [5, 5.41) is 3.07. The molecule has 0 aromatic rings. The third-order valence-electron chi connectivity index (χ3n) is 3.48. The Balaban J connectivity index is 3.61. The van der Waals surface area contributed by atoms with Crippen molar-refractivity contribution in [3.8, 4) is 0 Å². The van der Waals surface area contributed by atoms with E-state index in [-0.39, 0.29) is 18.0 Å². The third-order valence-corrected chi connectivity index (χ3v) is 3.48. The fourth-order valence-corrected chi connectivity index (χ4v) is 2.16. The summed E-state index contributed by atoms with van der Waals surface area (Å²) in [6, 6.07) is 0.470. The first-order valence-corrected chi connectivity index (χ1v) is 7.76. The number of carbonyl (C=O) groups excluding carboxylic acids is 1. The lowest BCUT2D eigenvalue weighted by molar-refractivity contribution is -0.121. The highest BCUT2D eigenvalue weighted by atomic mass is 16.1. The number of hydrogen-bond acceptors (Lipinski definition) is 3. The average Bonchev–Trinajstić information content (AvgIpc) is 2.34. The lowest BCUT2D eigenvalue weighted by atomic mass is 10.1. The summed E-state index contributed by atoms with van der Waals surface area (Å²) in [6.07, 6.45) is 4.60. The largest absolute Gasteiger partial charge is 0.354 e. The molecule has 0 spiro atoms. The van der Waals surface area contributed by atoms with E-state index >= 15 is 0 Å². The molecule has 0 bridgehead atoms. The zero-order valence-electron chi connectivity index (χ0n) is 13.2. The van der Waals surface area contributed by atoms with Crippen LogP contribution in [-0.4, -0.2) is 42.5 Å². The van der Waals surface area contributed by atoms with Gasteiger partial charge in [0, 0.05) is 18.5 Å². The Morgan fingerprint density at radius 2 is 1.79 bits per heavy atom. The summed E-state index contributed by atoms with van der Waals surface area (Å²) in [7, 11) is 0. The number of rotatable bonds is 11. The van der Waals surface area contributed by atoms with Gasteiger partial charge in [0.1, 0.15) is 0 Å². The minimum absolute atomic E-state index is 0.163. The van der Waals surface area contributed by atoms with E-state index in [2.05, 4.69) is 31.0 Å². The Labute approximate surface area is 119 Å². The van der Waals surface area contributed by atoms with Crippen LogP contribution in [0.3, 0.4) is 0 Å². The standard InChI is InChI=1S/C15H33N3O/c1-5-18(6-2)12-8-10-14(4)17-15(19)11-7-9-13(3)16/h13-14H,5-12,16H2,1-4H3,(H,17,19). The van der Waals surface area contributed by atoms with Crippen molar-refractivity contribution >= 4 is 5.91 Å². The lowest BCUT2D eigenvalue weighted by Crippen LogP contribution is -2.33. The highest BCUT2D eigenvalue weighted by molar-refractivity contribution is 5.76. The lowest BCUT2D eigenvalue weighted by Gasteiger charge is -2.19. The average molecular weight is 271 g/mol. The predicted octanol–water partition coefficient (Wildman–Crippen LogP) is 2.13. The van der Waals surface area contributed by atoms with Gasteiger partial charge in [0.2, 0.25) is 5.91 Å². The summed E-state index contributed by atoms with van der Waals surface area (Å²) in [6.45, 7) is 11.8. The summed E-state index contributed by atoms with van der Waals surface area (Å²) in [5.41, 5.74) is 5.66. The van der Waals surface area contributed by atoms with Crippen LogP contribution in [0.5, 0.6) is 0 Å². The molecule has 19 heavy (non-hydrogen) atoms. The molecule has 1 amide bonds. The van der Waals surface area contributed by atoms with Gasteiger partial charge in [-0.15, -0.1) is 0 Å². The third kappa shape index (κ3) is 11.0. The molecule has 0 rings (SSSR count). The maximum Gasteiger partial charge on any atom is 0.220 e. The molecule has 114 valence electrons. The summed E-state index contributed by atoms with van der Waals surface area (Å²) < 4.78 is 0. The Morgan fingerprint density at radius 1 is 1.16 bits per heavy atom. The fraction of sp³-hybridized carbons (Fsp3) is 0.933. The minimum atomic E-state index is 0.163. The van der Waals surface area contributed by atoms with Gasteiger partial charge in [-0.2, -0.15) is 0 Å². The summed E-state index contributed by atoms with van der Waals surface area (Å²) >= 11 is 0. The summed E-state index contributed by atoms with van der Waals surface area (Å²) in [4.78, 5) is 14.1. The molecular formula is C15H33N3O. The Hall–Kier alpha value is -0.610. The van der Waals surface area contributed by atoms with Crippen molar-refractivity contribution in [2.24, 2.45) is 5.73 Å². The summed E-state index contributed by atoms with van der Waals surface area (Å²) in [5.74, 6) is 0.163. The Bertz CT molecular complexity index is 227. The van der Waals surface area contributed by atoms with Crippen LogP contribution in [0.2, 0.25) is 0 Å². The molecule has 2 atom stereocenters. The second-order valence-corrected chi connectivity index (χ2v) is 5.51. The molecule has 0 aliphatic carbocycles. The van der Waals surface area contributed by atoms with Crippen LogP contribution in [0.25, 0.3) is 0 Å². The van der Waals surface area contributed by atoms with E-state index < -0.39 is 0 Å². The van der Waals surface area contributed by atoms with Gasteiger partial charge >= 0.3 is 0 Å². The number of amides is 1. The molecule has 0 aliphatic rings. The molecule has 0 heterocycles. The first-order valence-electron chi connectivity index (χ1n) is 7.76. The van der Waals surface area contributed by atoms with Gasteiger partial charge in [-0.1, -0.05) is 13.8 Å². The molecule has 4 heteroatoms. The minimum Gasteiger partial charge on any atom is -0.354 e. The van der Waals surface area contributed by atoms with E-state index in [0.717, 1.165) is 45.3 Å². The van der Waals surface area contributed by atoms with Crippen molar-refractivity contribution in [3.63, 3.8) is 0 Å². The van der Waals surface area contributed by atoms with Crippen LogP contribution >= 0.6 is 0 Å². The smallest absolute Gasteiger partial charge is 0.220 e. The molecule has 0 fully saturated rings. The van der Waals surface area contributed by atoms with Crippen molar-refractivity contribution in [1.82, 2.24) is 10.2 Å². The monoisotopic (exact) mass is 271 g/mol. The topological polar surface area (TPSA) is 58.4 Å². The molecule has 0 aliphatic heterocycles. The van der Waals surface area contributed by atoms with Gasteiger partial charge in [-0.05, 0) is 59.2 Å². The van der Waals surface area contributed by atoms with Crippen molar-refractivity contribution in [2.75, 3.05) is 19.6 Å². The highest BCUT2D eigenvalue weighted by Gasteiger charge is 2.08.